The molecule has 0 saturated heterocycles. The molecule has 0 aromatic carbocycles. The molecule has 0 spiro atoms. The van der Waals surface area contributed by atoms with Crippen LogP contribution in [0.25, 0.3) is 5.65 Å². The van der Waals surface area contributed by atoms with Crippen LogP contribution in [0, 0.1) is 15.5 Å². The van der Waals surface area contributed by atoms with E-state index in [1.165, 1.54) is 10.7 Å². The highest BCUT2D eigenvalue weighted by molar-refractivity contribution is 5.78. The summed E-state index contributed by atoms with van der Waals surface area (Å²) in [6, 6.07) is 3.34. The summed E-state index contributed by atoms with van der Waals surface area (Å²) in [7, 11) is 0. The minimum absolute atomic E-state index is 0.190. The Morgan fingerprint density at radius 3 is 2.88 bits per heavy atom. The van der Waals surface area contributed by atoms with Crippen molar-refractivity contribution in [1.82, 2.24) is 14.6 Å². The number of ether oxygens (including phenoxy) is 1. The van der Waals surface area contributed by atoms with Crippen LogP contribution in [0.5, 0.6) is 0 Å². The number of hydrogen-bond donors (Lipinski definition) is 1. The SMILES string of the molecule is CCOC(=O)C1(CNc2ccc3ncc([N+](=O)[O-])n3n2)CCCC1. The monoisotopic (exact) mass is 333 g/mol. The van der Waals surface area contributed by atoms with Gasteiger partial charge in [-0.05, 0) is 30.8 Å². The minimum Gasteiger partial charge on any atom is -0.466 e. The predicted octanol–water partition coefficient (Wildman–Crippen LogP) is 2.17. The molecular weight excluding hydrogens is 314 g/mol. The van der Waals surface area contributed by atoms with Crippen LogP contribution in [0.1, 0.15) is 32.6 Å². The fourth-order valence-corrected chi connectivity index (χ4v) is 3.13. The lowest BCUT2D eigenvalue weighted by molar-refractivity contribution is -0.391. The van der Waals surface area contributed by atoms with Gasteiger partial charge in [-0.25, -0.2) is 4.98 Å². The Kier molecular flexibility index (Phi) is 4.32. The maximum absolute atomic E-state index is 12.3. The van der Waals surface area contributed by atoms with Gasteiger partial charge in [-0.3, -0.25) is 4.79 Å². The van der Waals surface area contributed by atoms with Crippen molar-refractivity contribution in [3.05, 3.63) is 28.4 Å². The van der Waals surface area contributed by atoms with Crippen LogP contribution in [-0.2, 0) is 9.53 Å². The topological polar surface area (TPSA) is 112 Å². The van der Waals surface area contributed by atoms with E-state index in [1.807, 2.05) is 0 Å². The number of carbonyl (C=O) groups is 1. The van der Waals surface area contributed by atoms with Gasteiger partial charge in [0.25, 0.3) is 0 Å². The molecule has 1 aliphatic rings. The summed E-state index contributed by atoms with van der Waals surface area (Å²) in [5.41, 5.74) is -0.152. The smallest absolute Gasteiger partial charge is 0.368 e. The van der Waals surface area contributed by atoms with E-state index in [0.29, 0.717) is 24.6 Å². The molecule has 9 heteroatoms. The number of imidazole rings is 1. The molecule has 1 N–H and O–H groups in total. The molecule has 0 amide bonds. The molecule has 0 atom stereocenters. The first-order valence-corrected chi connectivity index (χ1v) is 7.96. The van der Waals surface area contributed by atoms with Gasteiger partial charge in [-0.15, -0.1) is 0 Å². The summed E-state index contributed by atoms with van der Waals surface area (Å²) in [6.07, 6.45) is 4.68. The van der Waals surface area contributed by atoms with Gasteiger partial charge in [0.2, 0.25) is 5.65 Å². The molecule has 0 aliphatic heterocycles. The van der Waals surface area contributed by atoms with Crippen LogP contribution < -0.4 is 5.32 Å². The number of esters is 1. The number of aromatic nitrogens is 3. The largest absolute Gasteiger partial charge is 0.466 e. The van der Waals surface area contributed by atoms with Crippen molar-refractivity contribution in [3.63, 3.8) is 0 Å². The molecule has 1 saturated carbocycles. The van der Waals surface area contributed by atoms with Crippen LogP contribution in [0.2, 0.25) is 0 Å². The van der Waals surface area contributed by atoms with Crippen molar-refractivity contribution in [2.75, 3.05) is 18.5 Å². The average Bonchev–Trinajstić information content (AvgIpc) is 3.20. The summed E-state index contributed by atoms with van der Waals surface area (Å²) < 4.78 is 6.40. The Bertz CT molecular complexity index is 766. The number of carbonyl (C=O) groups excluding carboxylic acids is 1. The number of fused-ring (bicyclic) bond motifs is 1. The van der Waals surface area contributed by atoms with E-state index in [2.05, 4.69) is 15.4 Å². The predicted molar refractivity (Wildman–Crippen MR) is 85.7 cm³/mol. The molecular formula is C15H19N5O4. The Morgan fingerprint density at radius 2 is 2.21 bits per heavy atom. The average molecular weight is 333 g/mol. The van der Waals surface area contributed by atoms with Crippen LogP contribution in [-0.4, -0.2) is 38.6 Å². The van der Waals surface area contributed by atoms with Crippen molar-refractivity contribution in [1.29, 1.82) is 0 Å². The summed E-state index contributed by atoms with van der Waals surface area (Å²) in [5, 5.41) is 18.3. The van der Waals surface area contributed by atoms with E-state index in [9.17, 15) is 14.9 Å². The maximum atomic E-state index is 12.3. The van der Waals surface area contributed by atoms with E-state index >= 15 is 0 Å². The first kappa shape index (κ1) is 16.2. The summed E-state index contributed by atoms with van der Waals surface area (Å²) in [4.78, 5) is 26.7. The highest BCUT2D eigenvalue weighted by Crippen LogP contribution is 2.39. The molecule has 2 heterocycles. The van der Waals surface area contributed by atoms with Crippen molar-refractivity contribution in [3.8, 4) is 0 Å². The lowest BCUT2D eigenvalue weighted by atomic mass is 9.86. The molecule has 9 nitrogen and oxygen atoms in total. The summed E-state index contributed by atoms with van der Waals surface area (Å²) in [5.74, 6) is 0.0680. The number of rotatable bonds is 6. The van der Waals surface area contributed by atoms with Gasteiger partial charge in [0.05, 0.1) is 12.0 Å². The summed E-state index contributed by atoms with van der Waals surface area (Å²) >= 11 is 0. The third-order valence-electron chi connectivity index (χ3n) is 4.41. The Balaban J connectivity index is 1.80. The van der Waals surface area contributed by atoms with Crippen molar-refractivity contribution < 1.29 is 14.5 Å². The molecule has 0 radical (unpaired) electrons. The molecule has 0 bridgehead atoms. The molecule has 1 aliphatic carbocycles. The molecule has 2 aromatic rings. The quantitative estimate of drug-likeness (QED) is 0.490. The zero-order valence-corrected chi connectivity index (χ0v) is 13.4. The lowest BCUT2D eigenvalue weighted by Crippen LogP contribution is -2.37. The Morgan fingerprint density at radius 1 is 1.46 bits per heavy atom. The second-order valence-corrected chi connectivity index (χ2v) is 5.92. The lowest BCUT2D eigenvalue weighted by Gasteiger charge is -2.26. The Labute approximate surface area is 138 Å². The molecule has 0 unspecified atom stereocenters. The first-order valence-electron chi connectivity index (χ1n) is 7.96. The number of nitrogens with zero attached hydrogens (tertiary/aromatic N) is 4. The van der Waals surface area contributed by atoms with Crippen LogP contribution in [0.4, 0.5) is 11.6 Å². The number of nitrogens with one attached hydrogen (secondary N) is 1. The van der Waals surface area contributed by atoms with Crippen LogP contribution in [0.3, 0.4) is 0 Å². The maximum Gasteiger partial charge on any atom is 0.368 e. The van der Waals surface area contributed by atoms with E-state index < -0.39 is 10.3 Å². The van der Waals surface area contributed by atoms with Gasteiger partial charge in [0, 0.05) is 12.6 Å². The van der Waals surface area contributed by atoms with Crippen LogP contribution >= 0.6 is 0 Å². The highest BCUT2D eigenvalue weighted by Gasteiger charge is 2.42. The Hall–Kier alpha value is -2.71. The number of anilines is 1. The number of hydrogen-bond acceptors (Lipinski definition) is 7. The third kappa shape index (κ3) is 2.89. The van der Waals surface area contributed by atoms with Gasteiger partial charge < -0.3 is 20.2 Å². The standard InChI is InChI=1S/C15H19N5O4/c1-2-24-14(21)15(7-3-4-8-15)10-17-11-5-6-12-16-9-13(20(22)23)19(12)18-11/h5-6,9H,2-4,7-8,10H2,1H3,(H,17,18). The molecule has 1 fully saturated rings. The number of nitro groups is 1. The van der Waals surface area contributed by atoms with E-state index in [1.54, 1.807) is 19.1 Å². The zero-order valence-electron chi connectivity index (χ0n) is 13.4. The second kappa shape index (κ2) is 6.42. The van der Waals surface area contributed by atoms with Crippen LogP contribution in [0.15, 0.2) is 18.3 Å². The van der Waals surface area contributed by atoms with Gasteiger partial charge in [-0.1, -0.05) is 22.5 Å². The van der Waals surface area contributed by atoms with Gasteiger partial charge in [0.1, 0.15) is 6.20 Å². The van der Waals surface area contributed by atoms with Gasteiger partial charge in [0.15, 0.2) is 5.82 Å². The normalized spacial score (nSPS) is 16.2. The molecule has 128 valence electrons. The summed E-state index contributed by atoms with van der Waals surface area (Å²) in [6.45, 7) is 2.54. The van der Waals surface area contributed by atoms with Crippen molar-refractivity contribution in [2.24, 2.45) is 5.41 Å². The van der Waals surface area contributed by atoms with Gasteiger partial charge in [-0.2, -0.15) is 0 Å². The van der Waals surface area contributed by atoms with E-state index in [-0.39, 0.29) is 11.8 Å². The van der Waals surface area contributed by atoms with Crippen molar-refractivity contribution >= 4 is 23.3 Å². The minimum atomic E-state index is -0.548. The molecule has 24 heavy (non-hydrogen) atoms. The van der Waals surface area contributed by atoms with Crippen molar-refractivity contribution in [2.45, 2.75) is 32.6 Å². The van der Waals surface area contributed by atoms with E-state index in [0.717, 1.165) is 25.7 Å². The second-order valence-electron chi connectivity index (χ2n) is 5.92. The van der Waals surface area contributed by atoms with Gasteiger partial charge >= 0.3 is 11.8 Å². The molecule has 2 aromatic heterocycles. The fraction of sp³-hybridized carbons (Fsp3) is 0.533. The zero-order chi connectivity index (χ0) is 17.2. The first-order chi connectivity index (χ1) is 11.6. The van der Waals surface area contributed by atoms with E-state index in [4.69, 9.17) is 4.74 Å². The fourth-order valence-electron chi connectivity index (χ4n) is 3.13. The highest BCUT2D eigenvalue weighted by atomic mass is 16.6. The molecule has 3 rings (SSSR count). The third-order valence-corrected chi connectivity index (χ3v) is 4.41.